The van der Waals surface area contributed by atoms with Gasteiger partial charge in [-0.05, 0) is 34.1 Å². The van der Waals surface area contributed by atoms with Gasteiger partial charge in [-0.1, -0.05) is 0 Å². The first-order valence-corrected chi connectivity index (χ1v) is 4.57. The van der Waals surface area contributed by atoms with Crippen LogP contribution in [0.25, 0.3) is 10.8 Å². The Kier molecular flexibility index (Phi) is 1.84. The third kappa shape index (κ3) is 1.23. The molecule has 0 atom stereocenters. The van der Waals surface area contributed by atoms with E-state index in [9.17, 15) is 0 Å². The van der Waals surface area contributed by atoms with Crippen LogP contribution in [0.15, 0.2) is 28.9 Å². The maximum Gasteiger partial charge on any atom is 0.131 e. The van der Waals surface area contributed by atoms with Crippen molar-refractivity contribution in [2.75, 3.05) is 11.5 Å². The molecule has 0 radical (unpaired) electrons. The van der Waals surface area contributed by atoms with Gasteiger partial charge < -0.3 is 11.5 Å². The molecule has 0 unspecified atom stereocenters. The molecular formula is C9H8BrN3. The van der Waals surface area contributed by atoms with Crippen LogP contribution >= 0.6 is 15.9 Å². The molecule has 1 aromatic heterocycles. The molecule has 0 saturated heterocycles. The summed E-state index contributed by atoms with van der Waals surface area (Å²) in [6.45, 7) is 0. The van der Waals surface area contributed by atoms with Gasteiger partial charge in [-0.2, -0.15) is 0 Å². The van der Waals surface area contributed by atoms with E-state index in [0.717, 1.165) is 15.2 Å². The summed E-state index contributed by atoms with van der Waals surface area (Å²) < 4.78 is 0.874. The highest BCUT2D eigenvalue weighted by Crippen LogP contribution is 2.30. The maximum absolute atomic E-state index is 5.73. The van der Waals surface area contributed by atoms with E-state index in [-0.39, 0.29) is 0 Å². The summed E-state index contributed by atoms with van der Waals surface area (Å²) in [4.78, 5) is 3.99. The Balaban J connectivity index is 2.94. The van der Waals surface area contributed by atoms with Gasteiger partial charge in [-0.25, -0.2) is 4.98 Å². The number of fused-ring (bicyclic) bond motifs is 1. The largest absolute Gasteiger partial charge is 0.398 e. The minimum absolute atomic E-state index is 0.526. The molecule has 3 nitrogen and oxygen atoms in total. The molecule has 13 heavy (non-hydrogen) atoms. The van der Waals surface area contributed by atoms with Gasteiger partial charge in [-0.3, -0.25) is 0 Å². The van der Waals surface area contributed by atoms with Crippen LogP contribution in [0, 0.1) is 0 Å². The topological polar surface area (TPSA) is 64.9 Å². The van der Waals surface area contributed by atoms with E-state index < -0.39 is 0 Å². The van der Waals surface area contributed by atoms with Crippen molar-refractivity contribution < 1.29 is 0 Å². The number of nitrogens with zero attached hydrogens (tertiary/aromatic N) is 1. The first-order chi connectivity index (χ1) is 6.20. The summed E-state index contributed by atoms with van der Waals surface area (Å²) in [6, 6.07) is 5.56. The number of hydrogen-bond donors (Lipinski definition) is 2. The van der Waals surface area contributed by atoms with Gasteiger partial charge in [0.05, 0.1) is 0 Å². The maximum atomic E-state index is 5.73. The Morgan fingerprint density at radius 3 is 2.62 bits per heavy atom. The van der Waals surface area contributed by atoms with Crippen molar-refractivity contribution in [2.24, 2.45) is 0 Å². The zero-order valence-electron chi connectivity index (χ0n) is 6.79. The lowest BCUT2D eigenvalue weighted by atomic mass is 10.1. The standard InChI is InChI=1S/C9H8BrN3/c10-8-5-3-4-13-9(12)6(5)1-2-7(8)11/h1-4H,11H2,(H2,12,13). The van der Waals surface area contributed by atoms with E-state index in [2.05, 4.69) is 20.9 Å². The normalized spacial score (nSPS) is 10.5. The minimum Gasteiger partial charge on any atom is -0.398 e. The highest BCUT2D eigenvalue weighted by atomic mass is 79.9. The zero-order chi connectivity index (χ0) is 9.42. The predicted molar refractivity (Wildman–Crippen MR) is 58.3 cm³/mol. The highest BCUT2D eigenvalue weighted by molar-refractivity contribution is 9.10. The molecule has 0 spiro atoms. The fourth-order valence-electron chi connectivity index (χ4n) is 1.26. The molecule has 0 amide bonds. The molecule has 66 valence electrons. The Bertz CT molecular complexity index is 468. The number of pyridine rings is 1. The number of nitrogen functional groups attached to an aromatic ring is 2. The highest BCUT2D eigenvalue weighted by Gasteiger charge is 2.04. The second-order valence-electron chi connectivity index (χ2n) is 2.76. The van der Waals surface area contributed by atoms with Crippen molar-refractivity contribution in [3.05, 3.63) is 28.9 Å². The first kappa shape index (κ1) is 8.31. The molecule has 2 rings (SSSR count). The van der Waals surface area contributed by atoms with Crippen LogP contribution in [0.5, 0.6) is 0 Å². The zero-order valence-corrected chi connectivity index (χ0v) is 8.38. The van der Waals surface area contributed by atoms with Crippen LogP contribution in [0.3, 0.4) is 0 Å². The molecule has 2 aromatic rings. The number of rotatable bonds is 0. The van der Waals surface area contributed by atoms with Crippen molar-refractivity contribution in [2.45, 2.75) is 0 Å². The van der Waals surface area contributed by atoms with Crippen LogP contribution in [-0.4, -0.2) is 4.98 Å². The quantitative estimate of drug-likeness (QED) is 0.691. The molecule has 4 N–H and O–H groups in total. The second kappa shape index (κ2) is 2.88. The van der Waals surface area contributed by atoms with Crippen LogP contribution in [0.2, 0.25) is 0 Å². The fourth-order valence-corrected chi connectivity index (χ4v) is 1.74. The predicted octanol–water partition coefficient (Wildman–Crippen LogP) is 2.16. The number of anilines is 2. The van der Waals surface area contributed by atoms with E-state index >= 15 is 0 Å². The summed E-state index contributed by atoms with van der Waals surface area (Å²) in [7, 11) is 0. The molecule has 1 heterocycles. The monoisotopic (exact) mass is 237 g/mol. The fraction of sp³-hybridized carbons (Fsp3) is 0. The lowest BCUT2D eigenvalue weighted by molar-refractivity contribution is 1.37. The minimum atomic E-state index is 0.526. The molecule has 0 saturated carbocycles. The van der Waals surface area contributed by atoms with Crippen molar-refractivity contribution in [3.63, 3.8) is 0 Å². The average molecular weight is 238 g/mol. The molecule has 0 fully saturated rings. The van der Waals surface area contributed by atoms with Crippen LogP contribution in [0.1, 0.15) is 0 Å². The first-order valence-electron chi connectivity index (χ1n) is 3.78. The number of halogens is 1. The van der Waals surface area contributed by atoms with Gasteiger partial charge in [0.1, 0.15) is 5.82 Å². The number of hydrogen-bond acceptors (Lipinski definition) is 3. The van der Waals surface area contributed by atoms with Crippen molar-refractivity contribution in [3.8, 4) is 0 Å². The van der Waals surface area contributed by atoms with Gasteiger partial charge in [-0.15, -0.1) is 0 Å². The molecule has 0 bridgehead atoms. The molecule has 4 heteroatoms. The van der Waals surface area contributed by atoms with Crippen LogP contribution in [0.4, 0.5) is 11.5 Å². The van der Waals surface area contributed by atoms with Crippen LogP contribution < -0.4 is 11.5 Å². The van der Waals surface area contributed by atoms with Gasteiger partial charge >= 0.3 is 0 Å². The Morgan fingerprint density at radius 2 is 1.85 bits per heavy atom. The van der Waals surface area contributed by atoms with E-state index in [1.165, 1.54) is 0 Å². The van der Waals surface area contributed by atoms with E-state index in [1.807, 2.05) is 18.2 Å². The Hall–Kier alpha value is -1.29. The second-order valence-corrected chi connectivity index (χ2v) is 3.55. The molecular weight excluding hydrogens is 230 g/mol. The number of benzene rings is 1. The number of nitrogens with two attached hydrogens (primary N) is 2. The summed E-state index contributed by atoms with van der Waals surface area (Å²) in [5.74, 6) is 0.526. The number of aromatic nitrogens is 1. The van der Waals surface area contributed by atoms with Gasteiger partial charge in [0.2, 0.25) is 0 Å². The SMILES string of the molecule is Nc1ccc2c(N)nccc2c1Br. The summed E-state index contributed by atoms with van der Waals surface area (Å²) in [5.41, 5.74) is 12.1. The lowest BCUT2D eigenvalue weighted by Gasteiger charge is -2.04. The van der Waals surface area contributed by atoms with Crippen molar-refractivity contribution in [1.82, 2.24) is 4.98 Å². The molecule has 0 aliphatic carbocycles. The third-order valence-corrected chi connectivity index (χ3v) is 2.83. The third-order valence-electron chi connectivity index (χ3n) is 1.94. The van der Waals surface area contributed by atoms with Crippen LogP contribution in [-0.2, 0) is 0 Å². The summed E-state index contributed by atoms with van der Waals surface area (Å²) >= 11 is 3.41. The smallest absolute Gasteiger partial charge is 0.131 e. The van der Waals surface area contributed by atoms with Gasteiger partial charge in [0.15, 0.2) is 0 Å². The van der Waals surface area contributed by atoms with E-state index in [0.29, 0.717) is 11.5 Å². The lowest BCUT2D eigenvalue weighted by Crippen LogP contribution is -1.93. The van der Waals surface area contributed by atoms with Gasteiger partial charge in [0.25, 0.3) is 0 Å². The summed E-state index contributed by atoms with van der Waals surface area (Å²) in [5, 5.41) is 1.91. The average Bonchev–Trinajstić information content (AvgIpc) is 2.12. The molecule has 0 aliphatic rings. The van der Waals surface area contributed by atoms with E-state index in [1.54, 1.807) is 6.20 Å². The summed E-state index contributed by atoms with van der Waals surface area (Å²) in [6.07, 6.45) is 1.67. The van der Waals surface area contributed by atoms with Crippen molar-refractivity contribution >= 4 is 38.2 Å². The van der Waals surface area contributed by atoms with E-state index in [4.69, 9.17) is 11.5 Å². The van der Waals surface area contributed by atoms with Crippen molar-refractivity contribution in [1.29, 1.82) is 0 Å². The van der Waals surface area contributed by atoms with Gasteiger partial charge in [0, 0.05) is 27.1 Å². The molecule has 1 aromatic carbocycles. The Morgan fingerprint density at radius 1 is 1.08 bits per heavy atom. The molecule has 0 aliphatic heterocycles. The Labute approximate surface area is 83.9 Å².